The Morgan fingerprint density at radius 3 is 2.61 bits per heavy atom. The van der Waals surface area contributed by atoms with Crippen LogP contribution in [0.2, 0.25) is 5.02 Å². The van der Waals surface area contributed by atoms with Crippen molar-refractivity contribution in [1.82, 2.24) is 0 Å². The van der Waals surface area contributed by atoms with Crippen LogP contribution in [0.4, 0.5) is 5.69 Å². The first-order valence-corrected chi connectivity index (χ1v) is 7.70. The van der Waals surface area contributed by atoms with Crippen LogP contribution >= 0.6 is 11.6 Å². The van der Waals surface area contributed by atoms with Crippen LogP contribution < -0.4 is 5.32 Å². The van der Waals surface area contributed by atoms with Gasteiger partial charge in [0.1, 0.15) is 0 Å². The first-order valence-electron chi connectivity index (χ1n) is 7.32. The van der Waals surface area contributed by atoms with Gasteiger partial charge in [-0.3, -0.25) is 4.79 Å². The predicted octanol–water partition coefficient (Wildman–Crippen LogP) is 4.01. The van der Waals surface area contributed by atoms with E-state index < -0.39 is 5.97 Å². The Kier molecular flexibility index (Phi) is 5.77. The van der Waals surface area contributed by atoms with E-state index in [9.17, 15) is 9.59 Å². The number of aryl methyl sites for hydroxylation is 1. The van der Waals surface area contributed by atoms with E-state index in [4.69, 9.17) is 16.3 Å². The van der Waals surface area contributed by atoms with Gasteiger partial charge < -0.3 is 10.1 Å². The van der Waals surface area contributed by atoms with Gasteiger partial charge in [-0.2, -0.15) is 0 Å². The summed E-state index contributed by atoms with van der Waals surface area (Å²) in [4.78, 5) is 24.0. The fourth-order valence-corrected chi connectivity index (χ4v) is 2.31. The third-order valence-electron chi connectivity index (χ3n) is 3.33. The standard InChI is InChI=1S/C18H18ClNO3/c1-3-23-18(22)14-9-8-12(2)16(10-14)20-17(21)11-13-6-4-5-7-15(13)19/h4-10H,3,11H2,1-2H3,(H,20,21). The third kappa shape index (κ3) is 4.57. The molecule has 0 aromatic heterocycles. The minimum absolute atomic E-state index is 0.169. The zero-order chi connectivity index (χ0) is 16.8. The van der Waals surface area contributed by atoms with Crippen LogP contribution in [0.3, 0.4) is 0 Å². The van der Waals surface area contributed by atoms with E-state index in [-0.39, 0.29) is 12.3 Å². The van der Waals surface area contributed by atoms with Gasteiger partial charge in [0.15, 0.2) is 0 Å². The summed E-state index contributed by atoms with van der Waals surface area (Å²) in [6.45, 7) is 3.92. The van der Waals surface area contributed by atoms with Crippen LogP contribution in [0.25, 0.3) is 0 Å². The number of halogens is 1. The summed E-state index contributed by atoms with van der Waals surface area (Å²) >= 11 is 6.06. The number of amides is 1. The molecule has 0 aliphatic carbocycles. The van der Waals surface area contributed by atoms with Crippen LogP contribution in [0.1, 0.15) is 28.4 Å². The van der Waals surface area contributed by atoms with Crippen molar-refractivity contribution in [2.75, 3.05) is 11.9 Å². The normalized spacial score (nSPS) is 10.2. The van der Waals surface area contributed by atoms with Crippen molar-refractivity contribution in [1.29, 1.82) is 0 Å². The molecule has 0 radical (unpaired) electrons. The molecule has 4 nitrogen and oxygen atoms in total. The van der Waals surface area contributed by atoms with Crippen LogP contribution in [0.15, 0.2) is 42.5 Å². The minimum atomic E-state index is -0.408. The van der Waals surface area contributed by atoms with Crippen LogP contribution in [-0.2, 0) is 16.0 Å². The molecule has 1 N–H and O–H groups in total. The number of benzene rings is 2. The molecule has 0 spiro atoms. The molecule has 0 bridgehead atoms. The number of esters is 1. The SMILES string of the molecule is CCOC(=O)c1ccc(C)c(NC(=O)Cc2ccccc2Cl)c1. The number of anilines is 1. The van der Waals surface area contributed by atoms with Crippen molar-refractivity contribution in [3.63, 3.8) is 0 Å². The molecule has 2 aromatic rings. The molecular weight excluding hydrogens is 314 g/mol. The van der Waals surface area contributed by atoms with Gasteiger partial charge in [-0.15, -0.1) is 0 Å². The molecule has 2 rings (SSSR count). The maximum absolute atomic E-state index is 12.2. The van der Waals surface area contributed by atoms with Gasteiger partial charge in [0.2, 0.25) is 5.91 Å². The maximum Gasteiger partial charge on any atom is 0.338 e. The lowest BCUT2D eigenvalue weighted by Crippen LogP contribution is -2.16. The van der Waals surface area contributed by atoms with Crippen molar-refractivity contribution in [2.24, 2.45) is 0 Å². The van der Waals surface area contributed by atoms with Crippen molar-refractivity contribution in [3.8, 4) is 0 Å². The monoisotopic (exact) mass is 331 g/mol. The highest BCUT2D eigenvalue weighted by molar-refractivity contribution is 6.31. The lowest BCUT2D eigenvalue weighted by Gasteiger charge is -2.11. The zero-order valence-corrected chi connectivity index (χ0v) is 13.8. The van der Waals surface area contributed by atoms with Crippen molar-refractivity contribution >= 4 is 29.2 Å². The van der Waals surface area contributed by atoms with Crippen molar-refractivity contribution < 1.29 is 14.3 Å². The summed E-state index contributed by atoms with van der Waals surface area (Å²) in [6, 6.07) is 12.3. The van der Waals surface area contributed by atoms with E-state index >= 15 is 0 Å². The van der Waals surface area contributed by atoms with Gasteiger partial charge in [-0.05, 0) is 43.2 Å². The Bertz CT molecular complexity index is 728. The highest BCUT2D eigenvalue weighted by Crippen LogP contribution is 2.20. The number of carbonyl (C=O) groups excluding carboxylic acids is 2. The second-order valence-corrected chi connectivity index (χ2v) is 5.47. The summed E-state index contributed by atoms with van der Waals surface area (Å²) in [5.74, 6) is -0.601. The van der Waals surface area contributed by atoms with Gasteiger partial charge in [-0.1, -0.05) is 35.9 Å². The number of hydrogen-bond donors (Lipinski definition) is 1. The van der Waals surface area contributed by atoms with E-state index in [0.29, 0.717) is 22.9 Å². The maximum atomic E-state index is 12.2. The first kappa shape index (κ1) is 17.0. The summed E-state index contributed by atoms with van der Waals surface area (Å²) in [5.41, 5.74) is 2.62. The van der Waals surface area contributed by atoms with Crippen LogP contribution in [-0.4, -0.2) is 18.5 Å². The van der Waals surface area contributed by atoms with Gasteiger partial charge in [0.25, 0.3) is 0 Å². The van der Waals surface area contributed by atoms with Crippen molar-refractivity contribution in [3.05, 3.63) is 64.2 Å². The lowest BCUT2D eigenvalue weighted by atomic mass is 10.1. The molecule has 0 atom stereocenters. The molecule has 0 heterocycles. The summed E-state index contributed by atoms with van der Waals surface area (Å²) in [6.07, 6.45) is 0.169. The van der Waals surface area contributed by atoms with Crippen LogP contribution in [0.5, 0.6) is 0 Å². The molecule has 120 valence electrons. The Labute approximate surface area is 140 Å². The van der Waals surface area contributed by atoms with E-state index in [1.54, 1.807) is 31.2 Å². The number of nitrogens with one attached hydrogen (secondary N) is 1. The average molecular weight is 332 g/mol. The third-order valence-corrected chi connectivity index (χ3v) is 3.70. The topological polar surface area (TPSA) is 55.4 Å². The van der Waals surface area contributed by atoms with Crippen molar-refractivity contribution in [2.45, 2.75) is 20.3 Å². The second-order valence-electron chi connectivity index (χ2n) is 5.07. The summed E-state index contributed by atoms with van der Waals surface area (Å²) in [5, 5.41) is 3.37. The lowest BCUT2D eigenvalue weighted by molar-refractivity contribution is -0.115. The highest BCUT2D eigenvalue weighted by Gasteiger charge is 2.12. The fourth-order valence-electron chi connectivity index (χ4n) is 2.11. The van der Waals surface area contributed by atoms with Gasteiger partial charge >= 0.3 is 5.97 Å². The van der Waals surface area contributed by atoms with E-state index in [0.717, 1.165) is 11.1 Å². The predicted molar refractivity (Wildman–Crippen MR) is 90.9 cm³/mol. The van der Waals surface area contributed by atoms with Gasteiger partial charge in [-0.25, -0.2) is 4.79 Å². The Balaban J connectivity index is 2.13. The molecule has 0 fully saturated rings. The molecule has 0 aliphatic heterocycles. The number of ether oxygens (including phenoxy) is 1. The number of carbonyl (C=O) groups is 2. The van der Waals surface area contributed by atoms with Crippen LogP contribution in [0, 0.1) is 6.92 Å². The van der Waals surface area contributed by atoms with E-state index in [2.05, 4.69) is 5.32 Å². The number of rotatable bonds is 5. The molecular formula is C18H18ClNO3. The fraction of sp³-hybridized carbons (Fsp3) is 0.222. The highest BCUT2D eigenvalue weighted by atomic mass is 35.5. The second kappa shape index (κ2) is 7.79. The summed E-state index contributed by atoms with van der Waals surface area (Å²) < 4.78 is 4.97. The quantitative estimate of drug-likeness (QED) is 0.842. The smallest absolute Gasteiger partial charge is 0.338 e. The van der Waals surface area contributed by atoms with E-state index in [1.807, 2.05) is 25.1 Å². The number of hydrogen-bond acceptors (Lipinski definition) is 3. The Morgan fingerprint density at radius 1 is 1.17 bits per heavy atom. The largest absolute Gasteiger partial charge is 0.462 e. The molecule has 0 saturated carbocycles. The minimum Gasteiger partial charge on any atom is -0.462 e. The van der Waals surface area contributed by atoms with Gasteiger partial charge in [0.05, 0.1) is 18.6 Å². The molecule has 0 unspecified atom stereocenters. The average Bonchev–Trinajstić information content (AvgIpc) is 2.52. The van der Waals surface area contributed by atoms with E-state index in [1.165, 1.54) is 0 Å². The molecule has 2 aromatic carbocycles. The molecule has 5 heteroatoms. The summed E-state index contributed by atoms with van der Waals surface area (Å²) in [7, 11) is 0. The Morgan fingerprint density at radius 2 is 1.91 bits per heavy atom. The molecule has 0 saturated heterocycles. The molecule has 0 aliphatic rings. The Hall–Kier alpha value is -2.33. The molecule has 23 heavy (non-hydrogen) atoms. The zero-order valence-electron chi connectivity index (χ0n) is 13.1. The first-order chi connectivity index (χ1) is 11.0. The molecule has 1 amide bonds. The van der Waals surface area contributed by atoms with Gasteiger partial charge in [0, 0.05) is 10.7 Å².